The molecule has 1 amide bonds. The number of nitrogens with one attached hydrogen (secondary N) is 1. The molecule has 0 aliphatic heterocycles. The van der Waals surface area contributed by atoms with Gasteiger partial charge in [0.25, 0.3) is 0 Å². The number of hydrogen-bond acceptors (Lipinski definition) is 4. The van der Waals surface area contributed by atoms with Crippen LogP contribution in [0.1, 0.15) is 13.3 Å². The molecule has 0 radical (unpaired) electrons. The van der Waals surface area contributed by atoms with Gasteiger partial charge in [-0.25, -0.2) is 4.39 Å². The van der Waals surface area contributed by atoms with Crippen LogP contribution in [0.15, 0.2) is 18.2 Å². The van der Waals surface area contributed by atoms with Gasteiger partial charge in [-0.2, -0.15) is 0 Å². The van der Waals surface area contributed by atoms with Crippen LogP contribution in [0.2, 0.25) is 0 Å². The van der Waals surface area contributed by atoms with E-state index < -0.39 is 5.82 Å². The van der Waals surface area contributed by atoms with E-state index >= 15 is 0 Å². The fraction of sp³-hybridized carbons (Fsp3) is 0.417. The minimum Gasteiger partial charge on any atom is -0.399 e. The normalized spacial score (nSPS) is 12.2. The lowest BCUT2D eigenvalue weighted by molar-refractivity contribution is -0.115. The number of benzene rings is 1. The molecule has 1 aromatic rings. The number of halogens is 1. The lowest BCUT2D eigenvalue weighted by atomic mass is 10.2. The number of nitrogens with two attached hydrogens (primary N) is 1. The second-order valence-corrected chi connectivity index (χ2v) is 5.27. The number of nitrogen functional groups attached to an aromatic ring is 1. The topological polar surface area (TPSA) is 75.3 Å². The monoisotopic (exact) mass is 272 g/mol. The molecule has 0 fully saturated rings. The smallest absolute Gasteiger partial charge is 0.237 e. The second kappa shape index (κ2) is 7.23. The molecule has 4 nitrogen and oxygen atoms in total. The molecule has 0 aromatic heterocycles. The Hall–Kier alpha value is -1.27. The molecule has 1 aromatic carbocycles. The molecule has 6 heteroatoms. The van der Waals surface area contributed by atoms with Crippen LogP contribution in [0.3, 0.4) is 0 Å². The van der Waals surface area contributed by atoms with Crippen LogP contribution in [0.4, 0.5) is 15.8 Å². The van der Waals surface area contributed by atoms with Crippen LogP contribution in [-0.2, 0) is 4.79 Å². The van der Waals surface area contributed by atoms with Crippen molar-refractivity contribution in [3.05, 3.63) is 24.0 Å². The first-order chi connectivity index (χ1) is 8.54. The summed E-state index contributed by atoms with van der Waals surface area (Å²) in [7, 11) is 0. The largest absolute Gasteiger partial charge is 0.399 e. The predicted octanol–water partition coefficient (Wildman–Crippen LogP) is 1.85. The molecule has 0 aliphatic rings. The highest BCUT2D eigenvalue weighted by atomic mass is 32.2. The van der Waals surface area contributed by atoms with Gasteiger partial charge in [-0.3, -0.25) is 4.79 Å². The van der Waals surface area contributed by atoms with Crippen LogP contribution in [0, 0.1) is 5.82 Å². The van der Waals surface area contributed by atoms with E-state index in [1.54, 1.807) is 6.92 Å². The van der Waals surface area contributed by atoms with Crippen LogP contribution < -0.4 is 11.1 Å². The maximum absolute atomic E-state index is 13.4. The van der Waals surface area contributed by atoms with Crippen molar-refractivity contribution in [3.8, 4) is 0 Å². The molecule has 18 heavy (non-hydrogen) atoms. The minimum absolute atomic E-state index is 0.0922. The molecule has 100 valence electrons. The average molecular weight is 272 g/mol. The number of anilines is 2. The van der Waals surface area contributed by atoms with E-state index in [4.69, 9.17) is 10.8 Å². The molecule has 1 atom stereocenters. The Labute approximate surface area is 110 Å². The SMILES string of the molecule is CC(SCCCO)C(=O)Nc1cc(N)ccc1F. The van der Waals surface area contributed by atoms with Crippen molar-refractivity contribution in [3.63, 3.8) is 0 Å². The number of aliphatic hydroxyl groups is 1. The summed E-state index contributed by atoms with van der Waals surface area (Å²) >= 11 is 1.41. The Balaban J connectivity index is 2.55. The number of hydrogen-bond donors (Lipinski definition) is 3. The summed E-state index contributed by atoms with van der Waals surface area (Å²) < 4.78 is 13.4. The Morgan fingerprint density at radius 2 is 2.33 bits per heavy atom. The molecule has 0 spiro atoms. The number of carbonyl (C=O) groups excluding carboxylic acids is 1. The maximum Gasteiger partial charge on any atom is 0.237 e. The molecule has 0 heterocycles. The van der Waals surface area contributed by atoms with E-state index in [2.05, 4.69) is 5.32 Å². The van der Waals surface area contributed by atoms with Gasteiger partial charge in [0.2, 0.25) is 5.91 Å². The molecular weight excluding hydrogens is 255 g/mol. The first-order valence-corrected chi connectivity index (χ1v) is 6.68. The van der Waals surface area contributed by atoms with Crippen molar-refractivity contribution in [2.75, 3.05) is 23.4 Å². The van der Waals surface area contributed by atoms with E-state index in [0.29, 0.717) is 17.9 Å². The Bertz CT molecular complexity index is 415. The Morgan fingerprint density at radius 3 is 3.00 bits per heavy atom. The lowest BCUT2D eigenvalue weighted by Crippen LogP contribution is -2.23. The highest BCUT2D eigenvalue weighted by molar-refractivity contribution is 8.00. The van der Waals surface area contributed by atoms with Gasteiger partial charge in [0, 0.05) is 12.3 Å². The third-order valence-corrected chi connectivity index (χ3v) is 3.53. The van der Waals surface area contributed by atoms with Crippen molar-refractivity contribution in [2.45, 2.75) is 18.6 Å². The number of carbonyl (C=O) groups is 1. The third kappa shape index (κ3) is 4.54. The Morgan fingerprint density at radius 1 is 1.61 bits per heavy atom. The standard InChI is InChI=1S/C12H17FN2O2S/c1-8(18-6-2-5-16)12(17)15-11-7-9(14)3-4-10(11)13/h3-4,7-8,16H,2,5-6,14H2,1H3,(H,15,17). The first-order valence-electron chi connectivity index (χ1n) is 5.63. The van der Waals surface area contributed by atoms with Crippen molar-refractivity contribution in [2.24, 2.45) is 0 Å². The van der Waals surface area contributed by atoms with Crippen LogP contribution in [0.25, 0.3) is 0 Å². The summed E-state index contributed by atoms with van der Waals surface area (Å²) in [5, 5.41) is 10.8. The quantitative estimate of drug-likeness (QED) is 0.545. The van der Waals surface area contributed by atoms with Gasteiger partial charge < -0.3 is 16.2 Å². The first kappa shape index (κ1) is 14.8. The fourth-order valence-electron chi connectivity index (χ4n) is 1.27. The Kier molecular flexibility index (Phi) is 5.94. The summed E-state index contributed by atoms with van der Waals surface area (Å²) in [5.74, 6) is -0.0997. The third-order valence-electron chi connectivity index (χ3n) is 2.29. The number of rotatable bonds is 6. The summed E-state index contributed by atoms with van der Waals surface area (Å²) in [4.78, 5) is 11.8. The maximum atomic E-state index is 13.4. The summed E-state index contributed by atoms with van der Waals surface area (Å²) in [5.41, 5.74) is 6.01. The van der Waals surface area contributed by atoms with Crippen molar-refractivity contribution < 1.29 is 14.3 Å². The van der Waals surface area contributed by atoms with E-state index in [1.165, 1.54) is 30.0 Å². The van der Waals surface area contributed by atoms with Gasteiger partial charge >= 0.3 is 0 Å². The zero-order valence-electron chi connectivity index (χ0n) is 10.1. The van der Waals surface area contributed by atoms with E-state index in [0.717, 1.165) is 0 Å². The molecule has 1 unspecified atom stereocenters. The summed E-state index contributed by atoms with van der Waals surface area (Å²) in [6, 6.07) is 4.04. The number of amides is 1. The van der Waals surface area contributed by atoms with Gasteiger partial charge in [0.05, 0.1) is 10.9 Å². The molecule has 0 bridgehead atoms. The minimum atomic E-state index is -0.509. The fourth-order valence-corrected chi connectivity index (χ4v) is 2.13. The average Bonchev–Trinajstić information content (AvgIpc) is 2.34. The van der Waals surface area contributed by atoms with Gasteiger partial charge in [0.1, 0.15) is 5.82 Å². The highest BCUT2D eigenvalue weighted by Gasteiger charge is 2.15. The molecule has 0 aliphatic carbocycles. The van der Waals surface area contributed by atoms with E-state index in [9.17, 15) is 9.18 Å². The lowest BCUT2D eigenvalue weighted by Gasteiger charge is -2.12. The van der Waals surface area contributed by atoms with Gasteiger partial charge in [-0.1, -0.05) is 0 Å². The van der Waals surface area contributed by atoms with Crippen LogP contribution in [0.5, 0.6) is 0 Å². The van der Waals surface area contributed by atoms with E-state index in [1.807, 2.05) is 0 Å². The molecule has 0 saturated heterocycles. The predicted molar refractivity (Wildman–Crippen MR) is 73.1 cm³/mol. The van der Waals surface area contributed by atoms with Crippen molar-refractivity contribution in [1.82, 2.24) is 0 Å². The molecule has 1 rings (SSSR count). The summed E-state index contributed by atoms with van der Waals surface area (Å²) in [6.45, 7) is 1.84. The molecule has 0 saturated carbocycles. The number of thioether (sulfide) groups is 1. The number of aliphatic hydroxyl groups excluding tert-OH is 1. The van der Waals surface area contributed by atoms with Gasteiger partial charge in [0.15, 0.2) is 0 Å². The molecular formula is C12H17FN2O2S. The summed E-state index contributed by atoms with van der Waals surface area (Å²) in [6.07, 6.45) is 0.634. The van der Waals surface area contributed by atoms with Crippen molar-refractivity contribution in [1.29, 1.82) is 0 Å². The molecule has 4 N–H and O–H groups in total. The second-order valence-electron chi connectivity index (χ2n) is 3.82. The van der Waals surface area contributed by atoms with Crippen LogP contribution in [-0.4, -0.2) is 28.6 Å². The van der Waals surface area contributed by atoms with Gasteiger partial charge in [-0.05, 0) is 37.3 Å². The van der Waals surface area contributed by atoms with Crippen molar-refractivity contribution >= 4 is 29.0 Å². The van der Waals surface area contributed by atoms with E-state index in [-0.39, 0.29) is 23.5 Å². The highest BCUT2D eigenvalue weighted by Crippen LogP contribution is 2.19. The van der Waals surface area contributed by atoms with Gasteiger partial charge in [-0.15, -0.1) is 11.8 Å². The van der Waals surface area contributed by atoms with Crippen LogP contribution >= 0.6 is 11.8 Å². The zero-order valence-corrected chi connectivity index (χ0v) is 11.0. The zero-order chi connectivity index (χ0) is 13.5.